The van der Waals surface area contributed by atoms with E-state index in [0.717, 1.165) is 27.8 Å². The molecule has 0 saturated heterocycles. The van der Waals surface area contributed by atoms with Gasteiger partial charge in [-0.15, -0.1) is 0 Å². The number of phenols is 2. The van der Waals surface area contributed by atoms with Gasteiger partial charge in [-0.2, -0.15) is 0 Å². The Morgan fingerprint density at radius 3 is 1.17 bits per heavy atom. The number of aromatic hydroxyl groups is 2. The third-order valence-electron chi connectivity index (χ3n) is 8.28. The number of sulfonamides is 2. The third kappa shape index (κ3) is 7.83. The summed E-state index contributed by atoms with van der Waals surface area (Å²) < 4.78 is 56.8. The fraction of sp³-hybridized carbons (Fsp3) is 0.314. The van der Waals surface area contributed by atoms with Gasteiger partial charge in [0.15, 0.2) is 0 Å². The molecule has 47 heavy (non-hydrogen) atoms. The summed E-state index contributed by atoms with van der Waals surface area (Å²) >= 11 is 12.2. The van der Waals surface area contributed by atoms with Gasteiger partial charge in [-0.25, -0.2) is 16.8 Å². The highest BCUT2D eigenvalue weighted by atomic mass is 35.5. The van der Waals surface area contributed by atoms with E-state index < -0.39 is 20.0 Å². The summed E-state index contributed by atoms with van der Waals surface area (Å²) in [4.78, 5) is 0.561. The second-order valence-electron chi connectivity index (χ2n) is 12.1. The minimum absolute atomic E-state index is 0.0316. The van der Waals surface area contributed by atoms with Crippen molar-refractivity contribution in [2.45, 2.75) is 86.0 Å². The molecule has 4 N–H and O–H groups in total. The molecule has 8 nitrogen and oxygen atoms in total. The monoisotopic (exact) mass is 720 g/mol. The second kappa shape index (κ2) is 14.0. The molecular weight excluding hydrogens is 679 g/mol. The van der Waals surface area contributed by atoms with Crippen molar-refractivity contribution in [2.75, 3.05) is 9.44 Å². The average Bonchev–Trinajstić information content (AvgIpc) is 2.94. The van der Waals surface area contributed by atoms with Crippen LogP contribution in [0.1, 0.15) is 61.2 Å². The lowest BCUT2D eigenvalue weighted by Gasteiger charge is -2.18. The lowest BCUT2D eigenvalue weighted by atomic mass is 10.0. The van der Waals surface area contributed by atoms with Gasteiger partial charge < -0.3 is 10.2 Å². The van der Waals surface area contributed by atoms with E-state index in [1.165, 1.54) is 0 Å². The maximum atomic E-state index is 13.0. The molecule has 254 valence electrons. The first-order valence-electron chi connectivity index (χ1n) is 14.7. The Bertz CT molecular complexity index is 2080. The van der Waals surface area contributed by atoms with E-state index in [4.69, 9.17) is 23.2 Å². The van der Waals surface area contributed by atoms with Crippen molar-refractivity contribution in [3.05, 3.63) is 102 Å². The van der Waals surface area contributed by atoms with Gasteiger partial charge in [-0.3, -0.25) is 9.44 Å². The first kappa shape index (κ1) is 38.0. The smallest absolute Gasteiger partial charge is 0.262 e. The summed E-state index contributed by atoms with van der Waals surface area (Å²) in [6, 6.07) is 8.82. The van der Waals surface area contributed by atoms with E-state index in [0.29, 0.717) is 49.7 Å². The zero-order valence-corrected chi connectivity index (χ0v) is 31.6. The van der Waals surface area contributed by atoms with E-state index in [1.807, 2.05) is 39.0 Å². The highest BCUT2D eigenvalue weighted by Crippen LogP contribution is 2.38. The Balaban J connectivity index is 0.000000256. The quantitative estimate of drug-likeness (QED) is 0.147. The number of hydrogen-bond donors (Lipinski definition) is 4. The number of anilines is 2. The summed E-state index contributed by atoms with van der Waals surface area (Å²) in [7, 11) is -7.53. The van der Waals surface area contributed by atoms with Crippen LogP contribution >= 0.6 is 23.2 Å². The molecule has 0 bridgehead atoms. The highest BCUT2D eigenvalue weighted by Gasteiger charge is 2.25. The number of benzene rings is 4. The molecule has 0 aliphatic heterocycles. The zero-order valence-electron chi connectivity index (χ0n) is 28.5. The Labute approximate surface area is 288 Å². The Morgan fingerprint density at radius 1 is 0.468 bits per heavy atom. The van der Waals surface area contributed by atoms with Crippen molar-refractivity contribution in [1.82, 2.24) is 0 Å². The molecule has 0 spiro atoms. The molecule has 0 saturated carbocycles. The van der Waals surface area contributed by atoms with Gasteiger partial charge in [0.05, 0.1) is 31.2 Å². The zero-order chi connectivity index (χ0) is 35.9. The molecule has 0 amide bonds. The molecule has 0 radical (unpaired) electrons. The van der Waals surface area contributed by atoms with Crippen LogP contribution in [0.15, 0.2) is 40.1 Å². The van der Waals surface area contributed by atoms with Crippen molar-refractivity contribution in [2.24, 2.45) is 0 Å². The van der Waals surface area contributed by atoms with Gasteiger partial charge in [0.25, 0.3) is 20.0 Å². The molecule has 12 heteroatoms. The van der Waals surface area contributed by atoms with Gasteiger partial charge in [0.1, 0.15) is 11.5 Å². The topological polar surface area (TPSA) is 133 Å². The first-order chi connectivity index (χ1) is 21.5. The maximum absolute atomic E-state index is 13.0. The maximum Gasteiger partial charge on any atom is 0.262 e. The van der Waals surface area contributed by atoms with E-state index in [1.54, 1.807) is 67.5 Å². The van der Waals surface area contributed by atoms with Gasteiger partial charge in [0, 0.05) is 0 Å². The third-order valence-corrected chi connectivity index (χ3v) is 12.5. The molecule has 0 unspecified atom stereocenters. The fourth-order valence-electron chi connectivity index (χ4n) is 5.50. The molecule has 0 aliphatic rings. The average molecular weight is 722 g/mol. The van der Waals surface area contributed by atoms with Crippen molar-refractivity contribution >= 4 is 54.6 Å². The van der Waals surface area contributed by atoms with Crippen molar-refractivity contribution in [3.8, 4) is 11.5 Å². The van der Waals surface area contributed by atoms with E-state index in [-0.39, 0.29) is 26.4 Å². The number of halogens is 2. The molecule has 0 heterocycles. The Morgan fingerprint density at radius 2 is 0.809 bits per heavy atom. The van der Waals surface area contributed by atoms with Crippen LogP contribution in [0.25, 0.3) is 0 Å². The van der Waals surface area contributed by atoms with Crippen LogP contribution in [0.4, 0.5) is 11.4 Å². The van der Waals surface area contributed by atoms with Crippen molar-refractivity contribution in [1.29, 1.82) is 0 Å². The van der Waals surface area contributed by atoms with Crippen LogP contribution in [-0.2, 0) is 20.0 Å². The molecule has 0 fully saturated rings. The van der Waals surface area contributed by atoms with Crippen LogP contribution in [-0.4, -0.2) is 27.0 Å². The largest absolute Gasteiger partial charge is 0.506 e. The standard InChI is InChI=1S/C18H22ClNO3S.C17H20ClNO3S/c1-9-7-10(2)13(5)18(12(9)4)24(22,23)20-15-8-11(3)17(21)16(19)14(15)6;1-9-6-11(3)17(12(4)7-9)23(21,22)19-14-8-10(2)16(20)15(18)13(14)5/h7-8,20-21H,1-6H3;6-8,19-20H,1-5H3. The van der Waals surface area contributed by atoms with Gasteiger partial charge in [-0.1, -0.05) is 47.0 Å². The molecule has 0 atom stereocenters. The number of phenolic OH excluding ortho intramolecular Hbond substituents is 2. The summed E-state index contributed by atoms with van der Waals surface area (Å²) in [6.07, 6.45) is 0. The van der Waals surface area contributed by atoms with Gasteiger partial charge >= 0.3 is 0 Å². The molecule has 4 aromatic carbocycles. The highest BCUT2D eigenvalue weighted by molar-refractivity contribution is 7.93. The van der Waals surface area contributed by atoms with E-state index in [2.05, 4.69) is 9.44 Å². The van der Waals surface area contributed by atoms with Gasteiger partial charge in [-0.05, 0) is 144 Å². The summed E-state index contributed by atoms with van der Waals surface area (Å²) in [6.45, 7) is 19.5. The molecule has 4 aromatic rings. The number of rotatable bonds is 6. The Kier molecular flexibility index (Phi) is 11.3. The van der Waals surface area contributed by atoms with Crippen LogP contribution in [0, 0.1) is 76.2 Å². The van der Waals surface area contributed by atoms with Crippen LogP contribution in [0.3, 0.4) is 0 Å². The predicted molar refractivity (Wildman–Crippen MR) is 193 cm³/mol. The predicted octanol–water partition coefficient (Wildman–Crippen LogP) is 9.09. The summed E-state index contributed by atoms with van der Waals surface area (Å²) in [5.74, 6) is -0.0642. The normalized spacial score (nSPS) is 11.6. The fourth-order valence-corrected chi connectivity index (χ4v) is 9.30. The van der Waals surface area contributed by atoms with E-state index >= 15 is 0 Å². The first-order valence-corrected chi connectivity index (χ1v) is 18.4. The van der Waals surface area contributed by atoms with Crippen molar-refractivity contribution < 1.29 is 27.0 Å². The molecular formula is C35H42Cl2N2O6S2. The van der Waals surface area contributed by atoms with Crippen LogP contribution in [0.5, 0.6) is 11.5 Å². The number of nitrogens with one attached hydrogen (secondary N) is 2. The van der Waals surface area contributed by atoms with Crippen LogP contribution < -0.4 is 9.44 Å². The minimum Gasteiger partial charge on any atom is -0.506 e. The minimum atomic E-state index is -3.78. The number of hydrogen-bond acceptors (Lipinski definition) is 6. The summed E-state index contributed by atoms with van der Waals surface area (Å²) in [5, 5.41) is 20.0. The lowest BCUT2D eigenvalue weighted by molar-refractivity contribution is 0.470. The molecule has 0 aromatic heterocycles. The Hall–Kier alpha value is -3.44. The van der Waals surface area contributed by atoms with Crippen molar-refractivity contribution in [3.63, 3.8) is 0 Å². The summed E-state index contributed by atoms with van der Waals surface area (Å²) in [5.41, 5.74) is 8.43. The lowest BCUT2D eigenvalue weighted by Crippen LogP contribution is -2.17. The van der Waals surface area contributed by atoms with E-state index in [9.17, 15) is 27.0 Å². The molecule has 4 rings (SSSR count). The second-order valence-corrected chi connectivity index (χ2v) is 16.1. The van der Waals surface area contributed by atoms with Gasteiger partial charge in [0.2, 0.25) is 0 Å². The molecule has 0 aliphatic carbocycles. The van der Waals surface area contributed by atoms with Crippen LogP contribution in [0.2, 0.25) is 10.0 Å². The number of aryl methyl sites for hydroxylation is 7. The SMILES string of the molecule is Cc1cc(C)c(C)c(S(=O)(=O)Nc2cc(C)c(O)c(Cl)c2C)c1C.Cc1cc(C)c(S(=O)(=O)Nc2cc(C)c(O)c(Cl)c2C)c(C)c1.